The molecule has 7 heteroatoms. The van der Waals surface area contributed by atoms with Gasteiger partial charge in [-0.05, 0) is 36.0 Å². The molecule has 0 spiro atoms. The zero-order chi connectivity index (χ0) is 26.0. The first kappa shape index (κ1) is 27.9. The largest absolute Gasteiger partial charge is 0.480 e. The van der Waals surface area contributed by atoms with Gasteiger partial charge in [0.1, 0.15) is 6.04 Å². The van der Waals surface area contributed by atoms with Crippen molar-refractivity contribution in [1.82, 2.24) is 5.32 Å². The van der Waals surface area contributed by atoms with Gasteiger partial charge in [0.05, 0.1) is 5.75 Å². The number of carboxylic acids is 1. The van der Waals surface area contributed by atoms with E-state index in [-0.39, 0.29) is 25.0 Å². The summed E-state index contributed by atoms with van der Waals surface area (Å²) in [5.41, 5.74) is 2.84. The molecule has 6 nitrogen and oxygen atoms in total. The van der Waals surface area contributed by atoms with Crippen LogP contribution in [-0.2, 0) is 25.8 Å². The lowest BCUT2D eigenvalue weighted by atomic mass is 9.99. The Morgan fingerprint density at radius 2 is 1.47 bits per heavy atom. The number of carbonyl (C=O) groups is 2. The van der Waals surface area contributed by atoms with Crippen LogP contribution in [0.1, 0.15) is 76.7 Å². The smallest absolute Gasteiger partial charge is 0.326 e. The second-order valence-electron chi connectivity index (χ2n) is 9.92. The lowest BCUT2D eigenvalue weighted by Gasteiger charge is -2.29. The van der Waals surface area contributed by atoms with Crippen molar-refractivity contribution in [2.24, 2.45) is 0 Å². The molecule has 2 aromatic rings. The van der Waals surface area contributed by atoms with Gasteiger partial charge >= 0.3 is 5.97 Å². The van der Waals surface area contributed by atoms with Crippen LogP contribution in [0.15, 0.2) is 54.6 Å². The monoisotopic (exact) mass is 513 g/mol. The van der Waals surface area contributed by atoms with E-state index in [2.05, 4.69) is 12.2 Å². The Hall–Kier alpha value is -2.67. The number of nitrogens with one attached hydrogen (secondary N) is 1. The highest BCUT2D eigenvalue weighted by Crippen LogP contribution is 2.38. The summed E-state index contributed by atoms with van der Waals surface area (Å²) in [5, 5.41) is 12.4. The SMILES string of the molecule is CCCCCCCCS(=O)(=O)C1(C(=O)N[C@@H](Cc2ccc(-c3ccccc3)cc2)C(=O)O)CCCC1. The Balaban J connectivity index is 1.67. The van der Waals surface area contributed by atoms with Crippen LogP contribution in [0.25, 0.3) is 11.1 Å². The van der Waals surface area contributed by atoms with Crippen molar-refractivity contribution in [3.63, 3.8) is 0 Å². The molecule has 3 rings (SSSR count). The summed E-state index contributed by atoms with van der Waals surface area (Å²) in [6, 6.07) is 16.2. The molecule has 1 aliphatic rings. The average molecular weight is 514 g/mol. The molecular weight excluding hydrogens is 474 g/mol. The maximum atomic E-state index is 13.4. The van der Waals surface area contributed by atoms with Gasteiger partial charge in [-0.3, -0.25) is 4.79 Å². The quantitative estimate of drug-likeness (QED) is 0.322. The van der Waals surface area contributed by atoms with Gasteiger partial charge in [-0.15, -0.1) is 0 Å². The summed E-state index contributed by atoms with van der Waals surface area (Å²) in [4.78, 5) is 25.4. The molecule has 2 aromatic carbocycles. The van der Waals surface area contributed by atoms with E-state index in [1.165, 1.54) is 0 Å². The van der Waals surface area contributed by atoms with Crippen molar-refractivity contribution in [3.8, 4) is 11.1 Å². The van der Waals surface area contributed by atoms with Crippen LogP contribution in [0.4, 0.5) is 0 Å². The Morgan fingerprint density at radius 1 is 0.889 bits per heavy atom. The van der Waals surface area contributed by atoms with Crippen molar-refractivity contribution < 1.29 is 23.1 Å². The summed E-state index contributed by atoms with van der Waals surface area (Å²) in [6.45, 7) is 2.14. The predicted molar refractivity (Wildman–Crippen MR) is 144 cm³/mol. The zero-order valence-electron chi connectivity index (χ0n) is 21.2. The molecule has 2 N–H and O–H groups in total. The van der Waals surface area contributed by atoms with Crippen molar-refractivity contribution in [3.05, 3.63) is 60.2 Å². The summed E-state index contributed by atoms with van der Waals surface area (Å²) < 4.78 is 25.2. The van der Waals surface area contributed by atoms with Crippen LogP contribution in [0.5, 0.6) is 0 Å². The molecule has 0 bridgehead atoms. The van der Waals surface area contributed by atoms with Crippen LogP contribution in [0.3, 0.4) is 0 Å². The van der Waals surface area contributed by atoms with Crippen LogP contribution in [0, 0.1) is 0 Å². The molecule has 36 heavy (non-hydrogen) atoms. The van der Waals surface area contributed by atoms with Crippen molar-refractivity contribution >= 4 is 21.7 Å². The van der Waals surface area contributed by atoms with Gasteiger partial charge in [-0.1, -0.05) is 106 Å². The third-order valence-corrected chi connectivity index (χ3v) is 9.90. The summed E-state index contributed by atoms with van der Waals surface area (Å²) in [6.07, 6.45) is 7.64. The Kier molecular flexibility index (Phi) is 10.1. The Bertz CT molecular complexity index is 1090. The molecular formula is C29H39NO5S. The van der Waals surface area contributed by atoms with E-state index < -0.39 is 32.5 Å². The standard InChI is InChI=1S/C29H39NO5S/c1-2-3-4-5-6-12-21-36(34,35)29(19-10-11-20-29)28(33)30-26(27(31)32)22-23-15-17-25(18-16-23)24-13-8-7-9-14-24/h7-9,13-18,26H,2-6,10-12,19-22H2,1H3,(H,30,33)(H,31,32)/t26-/m0/s1. The minimum atomic E-state index is -3.70. The third-order valence-electron chi connectivity index (χ3n) is 7.29. The highest BCUT2D eigenvalue weighted by atomic mass is 32.2. The molecule has 1 fully saturated rings. The summed E-state index contributed by atoms with van der Waals surface area (Å²) in [7, 11) is -3.70. The molecule has 0 radical (unpaired) electrons. The van der Waals surface area contributed by atoms with Gasteiger partial charge < -0.3 is 10.4 Å². The fourth-order valence-corrected chi connectivity index (χ4v) is 7.31. The van der Waals surface area contributed by atoms with E-state index in [1.807, 2.05) is 54.6 Å². The van der Waals surface area contributed by atoms with E-state index in [1.54, 1.807) is 0 Å². The number of benzene rings is 2. The number of unbranched alkanes of at least 4 members (excludes halogenated alkanes) is 5. The number of aliphatic carboxylic acids is 1. The molecule has 1 aliphatic carbocycles. The number of hydrogen-bond acceptors (Lipinski definition) is 4. The first-order valence-corrected chi connectivity index (χ1v) is 14.8. The topological polar surface area (TPSA) is 101 Å². The average Bonchev–Trinajstić information content (AvgIpc) is 3.39. The van der Waals surface area contributed by atoms with Gasteiger partial charge in [0, 0.05) is 6.42 Å². The number of amides is 1. The fraction of sp³-hybridized carbons (Fsp3) is 0.517. The summed E-state index contributed by atoms with van der Waals surface area (Å²) >= 11 is 0. The molecule has 1 atom stereocenters. The minimum Gasteiger partial charge on any atom is -0.480 e. The van der Waals surface area contributed by atoms with Gasteiger partial charge in [-0.25, -0.2) is 13.2 Å². The minimum absolute atomic E-state index is 0.0226. The first-order chi connectivity index (χ1) is 17.3. The van der Waals surface area contributed by atoms with Crippen LogP contribution in [-0.4, -0.2) is 41.9 Å². The highest BCUT2D eigenvalue weighted by Gasteiger charge is 2.52. The second-order valence-corrected chi connectivity index (χ2v) is 12.3. The number of hydrogen-bond donors (Lipinski definition) is 2. The molecule has 0 heterocycles. The molecule has 196 valence electrons. The molecule has 1 saturated carbocycles. The van der Waals surface area contributed by atoms with E-state index in [9.17, 15) is 23.1 Å². The predicted octanol–water partition coefficient (Wildman–Crippen LogP) is 5.55. The van der Waals surface area contributed by atoms with Crippen LogP contribution >= 0.6 is 0 Å². The van der Waals surface area contributed by atoms with Gasteiger partial charge in [0.2, 0.25) is 5.91 Å². The van der Waals surface area contributed by atoms with Crippen LogP contribution < -0.4 is 5.32 Å². The van der Waals surface area contributed by atoms with Gasteiger partial charge in [0.15, 0.2) is 14.6 Å². The molecule has 1 amide bonds. The third kappa shape index (κ3) is 6.96. The molecule has 0 aliphatic heterocycles. The van der Waals surface area contributed by atoms with Crippen molar-refractivity contribution in [1.29, 1.82) is 0 Å². The van der Waals surface area contributed by atoms with Gasteiger partial charge in [-0.2, -0.15) is 0 Å². The molecule has 0 saturated heterocycles. The Labute approximate surface area is 215 Å². The lowest BCUT2D eigenvalue weighted by Crippen LogP contribution is -2.56. The summed E-state index contributed by atoms with van der Waals surface area (Å²) in [5.74, 6) is -1.85. The van der Waals surface area contributed by atoms with E-state index in [0.717, 1.165) is 48.8 Å². The molecule has 0 unspecified atom stereocenters. The normalized spacial score (nSPS) is 15.9. The maximum absolute atomic E-state index is 13.4. The van der Waals surface area contributed by atoms with E-state index in [4.69, 9.17) is 0 Å². The number of sulfone groups is 1. The second kappa shape index (κ2) is 13.0. The number of carboxylic acid groups (broad SMARTS) is 1. The Morgan fingerprint density at radius 3 is 2.08 bits per heavy atom. The fourth-order valence-electron chi connectivity index (χ4n) is 5.08. The highest BCUT2D eigenvalue weighted by molar-refractivity contribution is 7.93. The lowest BCUT2D eigenvalue weighted by molar-refractivity contribution is -0.142. The molecule has 0 aromatic heterocycles. The maximum Gasteiger partial charge on any atom is 0.326 e. The van der Waals surface area contributed by atoms with Crippen LogP contribution in [0.2, 0.25) is 0 Å². The van der Waals surface area contributed by atoms with E-state index in [0.29, 0.717) is 19.3 Å². The van der Waals surface area contributed by atoms with Crippen molar-refractivity contribution in [2.75, 3.05) is 5.75 Å². The van der Waals surface area contributed by atoms with E-state index >= 15 is 0 Å². The zero-order valence-corrected chi connectivity index (χ0v) is 22.1. The number of rotatable bonds is 14. The first-order valence-electron chi connectivity index (χ1n) is 13.2. The van der Waals surface area contributed by atoms with Crippen molar-refractivity contribution in [2.45, 2.75) is 88.3 Å². The number of carbonyl (C=O) groups excluding carboxylic acids is 1. The van der Waals surface area contributed by atoms with Gasteiger partial charge in [0.25, 0.3) is 0 Å².